The summed E-state index contributed by atoms with van der Waals surface area (Å²) >= 11 is 0. The van der Waals surface area contributed by atoms with E-state index >= 15 is 0 Å². The number of rotatable bonds is 4. The third-order valence-corrected chi connectivity index (χ3v) is 2.21. The van der Waals surface area contributed by atoms with Gasteiger partial charge in [-0.15, -0.1) is 0 Å². The Hall–Kier alpha value is -0.540. The van der Waals surface area contributed by atoms with E-state index in [2.05, 4.69) is 0 Å². The van der Waals surface area contributed by atoms with Crippen molar-refractivity contribution in [3.05, 3.63) is 11.8 Å². The van der Waals surface area contributed by atoms with Crippen molar-refractivity contribution in [2.75, 3.05) is 19.8 Å². The molecule has 1 rings (SSSR count). The van der Waals surface area contributed by atoms with Crippen LogP contribution in [0.15, 0.2) is 11.8 Å². The Morgan fingerprint density at radius 3 is 3.00 bits per heavy atom. The first-order chi connectivity index (χ1) is 6.17. The molecule has 0 spiro atoms. The lowest BCUT2D eigenvalue weighted by Crippen LogP contribution is -2.34. The van der Waals surface area contributed by atoms with Gasteiger partial charge in [-0.25, -0.2) is 0 Å². The van der Waals surface area contributed by atoms with E-state index in [1.807, 2.05) is 6.92 Å². The quantitative estimate of drug-likeness (QED) is 0.722. The number of hydrogen-bond acceptors (Lipinski definition) is 3. The molecule has 0 fully saturated rings. The van der Waals surface area contributed by atoms with E-state index in [0.717, 1.165) is 25.0 Å². The fourth-order valence-electron chi connectivity index (χ4n) is 1.35. The molecule has 0 saturated carbocycles. The van der Waals surface area contributed by atoms with Gasteiger partial charge in [0.15, 0.2) is 0 Å². The van der Waals surface area contributed by atoms with Crippen LogP contribution in [-0.4, -0.2) is 30.5 Å². The topological polar surface area (TPSA) is 38.7 Å². The lowest BCUT2D eigenvalue weighted by atomic mass is 9.93. The highest BCUT2D eigenvalue weighted by Gasteiger charge is 2.27. The standard InChI is InChI=1S/C10H18O3/c1-3-12-8-10(2,11)9-5-4-6-13-7-9/h7,11H,3-6,8H2,1-2H3. The first kappa shape index (κ1) is 10.5. The van der Waals surface area contributed by atoms with Crippen molar-refractivity contribution in [2.24, 2.45) is 0 Å². The molecule has 1 heterocycles. The maximum atomic E-state index is 10.00. The Morgan fingerprint density at radius 2 is 2.46 bits per heavy atom. The second-order valence-corrected chi connectivity index (χ2v) is 3.53. The molecule has 0 amide bonds. The molecule has 0 aliphatic carbocycles. The molecule has 1 aliphatic rings. The summed E-state index contributed by atoms with van der Waals surface area (Å²) in [4.78, 5) is 0. The van der Waals surface area contributed by atoms with E-state index in [1.54, 1.807) is 13.2 Å². The first-order valence-corrected chi connectivity index (χ1v) is 4.78. The fraction of sp³-hybridized carbons (Fsp3) is 0.800. The van der Waals surface area contributed by atoms with Gasteiger partial charge in [0.2, 0.25) is 0 Å². The van der Waals surface area contributed by atoms with Crippen molar-refractivity contribution in [2.45, 2.75) is 32.3 Å². The molecule has 1 N–H and O–H groups in total. The zero-order valence-corrected chi connectivity index (χ0v) is 8.38. The monoisotopic (exact) mass is 186 g/mol. The third kappa shape index (κ3) is 3.01. The van der Waals surface area contributed by atoms with Gasteiger partial charge in [-0.05, 0) is 32.3 Å². The van der Waals surface area contributed by atoms with Gasteiger partial charge in [-0.2, -0.15) is 0 Å². The molecule has 0 aromatic heterocycles. The smallest absolute Gasteiger partial charge is 0.109 e. The molecule has 0 radical (unpaired) electrons. The van der Waals surface area contributed by atoms with Crippen molar-refractivity contribution in [3.8, 4) is 0 Å². The Balaban J connectivity index is 2.51. The average Bonchev–Trinajstić information content (AvgIpc) is 2.16. The van der Waals surface area contributed by atoms with Crippen LogP contribution in [-0.2, 0) is 9.47 Å². The maximum absolute atomic E-state index is 10.00. The third-order valence-electron chi connectivity index (χ3n) is 2.21. The zero-order valence-electron chi connectivity index (χ0n) is 8.38. The Kier molecular flexibility index (Phi) is 3.75. The van der Waals surface area contributed by atoms with Crippen LogP contribution in [0, 0.1) is 0 Å². The van der Waals surface area contributed by atoms with Gasteiger partial charge < -0.3 is 14.6 Å². The molecule has 13 heavy (non-hydrogen) atoms. The van der Waals surface area contributed by atoms with E-state index in [0.29, 0.717) is 13.2 Å². The van der Waals surface area contributed by atoms with Crippen molar-refractivity contribution >= 4 is 0 Å². The Bertz CT molecular complexity index is 185. The largest absolute Gasteiger partial charge is 0.501 e. The molecule has 3 heteroatoms. The summed E-state index contributed by atoms with van der Waals surface area (Å²) in [6.07, 6.45) is 3.55. The van der Waals surface area contributed by atoms with E-state index in [-0.39, 0.29) is 0 Å². The van der Waals surface area contributed by atoms with Crippen LogP contribution in [0.4, 0.5) is 0 Å². The van der Waals surface area contributed by atoms with Gasteiger partial charge in [-0.1, -0.05) is 0 Å². The van der Waals surface area contributed by atoms with Crippen LogP contribution >= 0.6 is 0 Å². The van der Waals surface area contributed by atoms with Gasteiger partial charge in [0.25, 0.3) is 0 Å². The molecule has 0 aromatic carbocycles. The molecule has 1 unspecified atom stereocenters. The van der Waals surface area contributed by atoms with E-state index in [9.17, 15) is 5.11 Å². The van der Waals surface area contributed by atoms with Gasteiger partial charge in [0.05, 0.1) is 19.5 Å². The lowest BCUT2D eigenvalue weighted by molar-refractivity contribution is -0.0117. The number of ether oxygens (including phenoxy) is 2. The van der Waals surface area contributed by atoms with Gasteiger partial charge in [-0.3, -0.25) is 0 Å². The number of hydrogen-bond donors (Lipinski definition) is 1. The Labute approximate surface area is 79.3 Å². The van der Waals surface area contributed by atoms with Crippen molar-refractivity contribution in [1.82, 2.24) is 0 Å². The van der Waals surface area contributed by atoms with Gasteiger partial charge in [0.1, 0.15) is 5.60 Å². The predicted molar refractivity (Wildman–Crippen MR) is 50.4 cm³/mol. The highest BCUT2D eigenvalue weighted by Crippen LogP contribution is 2.24. The Morgan fingerprint density at radius 1 is 1.69 bits per heavy atom. The minimum absolute atomic E-state index is 0.346. The molecular weight excluding hydrogens is 168 g/mol. The predicted octanol–water partition coefficient (Wildman–Crippen LogP) is 1.47. The van der Waals surface area contributed by atoms with Gasteiger partial charge >= 0.3 is 0 Å². The molecule has 0 aromatic rings. The van der Waals surface area contributed by atoms with Crippen LogP contribution in [0.3, 0.4) is 0 Å². The van der Waals surface area contributed by atoms with E-state index in [1.165, 1.54) is 0 Å². The fourth-order valence-corrected chi connectivity index (χ4v) is 1.35. The van der Waals surface area contributed by atoms with Crippen molar-refractivity contribution in [1.29, 1.82) is 0 Å². The maximum Gasteiger partial charge on any atom is 0.109 e. The van der Waals surface area contributed by atoms with Crippen LogP contribution in [0.25, 0.3) is 0 Å². The number of aliphatic hydroxyl groups is 1. The van der Waals surface area contributed by atoms with Crippen LogP contribution in [0.1, 0.15) is 26.7 Å². The SMILES string of the molecule is CCOCC(C)(O)C1=COCCC1. The summed E-state index contributed by atoms with van der Waals surface area (Å²) in [7, 11) is 0. The summed E-state index contributed by atoms with van der Waals surface area (Å²) in [6, 6.07) is 0. The van der Waals surface area contributed by atoms with Crippen LogP contribution < -0.4 is 0 Å². The molecule has 3 nitrogen and oxygen atoms in total. The van der Waals surface area contributed by atoms with Crippen LogP contribution in [0.5, 0.6) is 0 Å². The summed E-state index contributed by atoms with van der Waals surface area (Å²) in [5, 5.41) is 10.00. The second kappa shape index (κ2) is 4.63. The van der Waals surface area contributed by atoms with Crippen molar-refractivity contribution in [3.63, 3.8) is 0 Å². The second-order valence-electron chi connectivity index (χ2n) is 3.53. The highest BCUT2D eigenvalue weighted by molar-refractivity contribution is 5.14. The molecule has 76 valence electrons. The highest BCUT2D eigenvalue weighted by atomic mass is 16.5. The molecule has 0 bridgehead atoms. The molecule has 1 atom stereocenters. The molecule has 1 aliphatic heterocycles. The van der Waals surface area contributed by atoms with Gasteiger partial charge in [0, 0.05) is 6.61 Å². The normalized spacial score (nSPS) is 21.6. The minimum atomic E-state index is -0.865. The summed E-state index contributed by atoms with van der Waals surface area (Å²) in [6.45, 7) is 5.42. The summed E-state index contributed by atoms with van der Waals surface area (Å²) in [5.74, 6) is 0. The molecular formula is C10H18O3. The van der Waals surface area contributed by atoms with Crippen molar-refractivity contribution < 1.29 is 14.6 Å². The first-order valence-electron chi connectivity index (χ1n) is 4.78. The average molecular weight is 186 g/mol. The molecule has 0 saturated heterocycles. The summed E-state index contributed by atoms with van der Waals surface area (Å²) in [5.41, 5.74) is 0.0726. The lowest BCUT2D eigenvalue weighted by Gasteiger charge is -2.28. The minimum Gasteiger partial charge on any atom is -0.501 e. The van der Waals surface area contributed by atoms with E-state index in [4.69, 9.17) is 9.47 Å². The van der Waals surface area contributed by atoms with E-state index < -0.39 is 5.60 Å². The zero-order chi connectivity index (χ0) is 9.73. The summed E-state index contributed by atoms with van der Waals surface area (Å²) < 4.78 is 10.4. The van der Waals surface area contributed by atoms with Crippen LogP contribution in [0.2, 0.25) is 0 Å².